The molecule has 0 saturated carbocycles. The maximum atomic E-state index is 11.5. The van der Waals surface area contributed by atoms with Crippen LogP contribution in [0.1, 0.15) is 24.9 Å². The molecule has 5 heteroatoms. The van der Waals surface area contributed by atoms with E-state index in [0.29, 0.717) is 6.61 Å². The van der Waals surface area contributed by atoms with E-state index < -0.39 is 0 Å². The SMILES string of the molecule is CCOC(=O)C[C@H](N)c1cccc(-c2ccc(Cl)s2)c1. The summed E-state index contributed by atoms with van der Waals surface area (Å²) in [6, 6.07) is 11.3. The molecule has 0 radical (unpaired) electrons. The van der Waals surface area contributed by atoms with Crippen molar-refractivity contribution in [2.75, 3.05) is 6.61 Å². The predicted molar refractivity (Wildman–Crippen MR) is 82.9 cm³/mol. The second-order valence-corrected chi connectivity index (χ2v) is 6.06. The molecule has 0 aliphatic heterocycles. The molecule has 20 heavy (non-hydrogen) atoms. The van der Waals surface area contributed by atoms with Crippen molar-refractivity contribution in [2.24, 2.45) is 5.73 Å². The molecule has 2 aromatic rings. The molecule has 0 aliphatic rings. The first kappa shape index (κ1) is 15.0. The number of hydrogen-bond donors (Lipinski definition) is 1. The van der Waals surface area contributed by atoms with Crippen LogP contribution in [0.25, 0.3) is 10.4 Å². The summed E-state index contributed by atoms with van der Waals surface area (Å²) in [4.78, 5) is 12.6. The molecule has 106 valence electrons. The third-order valence-electron chi connectivity index (χ3n) is 2.86. The summed E-state index contributed by atoms with van der Waals surface area (Å²) in [5.41, 5.74) is 8.03. The van der Waals surface area contributed by atoms with Gasteiger partial charge in [-0.1, -0.05) is 29.8 Å². The molecule has 0 fully saturated rings. The molecular formula is C15H16ClNO2S. The molecule has 2 rings (SSSR count). The van der Waals surface area contributed by atoms with E-state index in [1.807, 2.05) is 36.4 Å². The summed E-state index contributed by atoms with van der Waals surface area (Å²) in [7, 11) is 0. The number of thiophene rings is 1. The third kappa shape index (κ3) is 3.82. The second-order valence-electron chi connectivity index (χ2n) is 4.34. The predicted octanol–water partition coefficient (Wildman–Crippen LogP) is 4.02. The van der Waals surface area contributed by atoms with Crippen LogP contribution in [-0.2, 0) is 9.53 Å². The summed E-state index contributed by atoms with van der Waals surface area (Å²) >= 11 is 7.47. The lowest BCUT2D eigenvalue weighted by Gasteiger charge is -2.12. The number of nitrogens with two attached hydrogens (primary N) is 1. The van der Waals surface area contributed by atoms with Gasteiger partial charge in [0.05, 0.1) is 17.4 Å². The zero-order chi connectivity index (χ0) is 14.5. The van der Waals surface area contributed by atoms with Gasteiger partial charge in [-0.05, 0) is 36.2 Å². The minimum atomic E-state index is -0.357. The fraction of sp³-hybridized carbons (Fsp3) is 0.267. The first-order valence-electron chi connectivity index (χ1n) is 6.37. The van der Waals surface area contributed by atoms with Gasteiger partial charge in [0.25, 0.3) is 0 Å². The zero-order valence-electron chi connectivity index (χ0n) is 11.1. The summed E-state index contributed by atoms with van der Waals surface area (Å²) < 4.78 is 5.67. The molecule has 1 heterocycles. The van der Waals surface area contributed by atoms with Gasteiger partial charge in [-0.2, -0.15) is 0 Å². The Kier molecular flexibility index (Phi) is 5.17. The minimum absolute atomic E-state index is 0.183. The number of hydrogen-bond acceptors (Lipinski definition) is 4. The van der Waals surface area contributed by atoms with E-state index in [2.05, 4.69) is 0 Å². The molecule has 0 amide bonds. The lowest BCUT2D eigenvalue weighted by molar-refractivity contribution is -0.143. The maximum Gasteiger partial charge on any atom is 0.307 e. The van der Waals surface area contributed by atoms with Gasteiger partial charge in [0, 0.05) is 10.9 Å². The number of benzene rings is 1. The molecule has 0 aliphatic carbocycles. The van der Waals surface area contributed by atoms with Crippen molar-refractivity contribution in [1.29, 1.82) is 0 Å². The highest BCUT2D eigenvalue weighted by Crippen LogP contribution is 2.32. The van der Waals surface area contributed by atoms with Crippen LogP contribution >= 0.6 is 22.9 Å². The molecule has 1 atom stereocenters. The number of ether oxygens (including phenoxy) is 1. The lowest BCUT2D eigenvalue weighted by atomic mass is 10.0. The fourth-order valence-electron chi connectivity index (χ4n) is 1.91. The topological polar surface area (TPSA) is 52.3 Å². The summed E-state index contributed by atoms with van der Waals surface area (Å²) in [6.07, 6.45) is 0.183. The minimum Gasteiger partial charge on any atom is -0.466 e. The van der Waals surface area contributed by atoms with Crippen LogP contribution in [-0.4, -0.2) is 12.6 Å². The van der Waals surface area contributed by atoms with Gasteiger partial charge in [-0.3, -0.25) is 4.79 Å². The largest absolute Gasteiger partial charge is 0.466 e. The highest BCUT2D eigenvalue weighted by Gasteiger charge is 2.13. The van der Waals surface area contributed by atoms with Gasteiger partial charge in [0.15, 0.2) is 0 Å². The van der Waals surface area contributed by atoms with Crippen LogP contribution in [0.15, 0.2) is 36.4 Å². The normalized spacial score (nSPS) is 12.2. The van der Waals surface area contributed by atoms with Gasteiger partial charge in [-0.15, -0.1) is 11.3 Å². The molecule has 1 aromatic carbocycles. The van der Waals surface area contributed by atoms with E-state index >= 15 is 0 Å². The molecule has 3 nitrogen and oxygen atoms in total. The lowest BCUT2D eigenvalue weighted by Crippen LogP contribution is -2.17. The Balaban J connectivity index is 2.15. The van der Waals surface area contributed by atoms with Crippen LogP contribution in [0, 0.1) is 0 Å². The third-order valence-corrected chi connectivity index (χ3v) is 4.14. The number of carbonyl (C=O) groups is 1. The molecule has 0 saturated heterocycles. The van der Waals surface area contributed by atoms with Crippen molar-refractivity contribution in [3.63, 3.8) is 0 Å². The van der Waals surface area contributed by atoms with Crippen LogP contribution in [0.2, 0.25) is 4.34 Å². The zero-order valence-corrected chi connectivity index (χ0v) is 12.7. The average molecular weight is 310 g/mol. The monoisotopic (exact) mass is 309 g/mol. The molecule has 2 N–H and O–H groups in total. The fourth-order valence-corrected chi connectivity index (χ4v) is 2.95. The summed E-state index contributed by atoms with van der Waals surface area (Å²) in [5, 5.41) is 0. The van der Waals surface area contributed by atoms with Crippen molar-refractivity contribution in [2.45, 2.75) is 19.4 Å². The number of carbonyl (C=O) groups excluding carboxylic acids is 1. The molecule has 0 unspecified atom stereocenters. The highest BCUT2D eigenvalue weighted by molar-refractivity contribution is 7.19. The molecular weight excluding hydrogens is 294 g/mol. The van der Waals surface area contributed by atoms with Crippen molar-refractivity contribution >= 4 is 28.9 Å². The van der Waals surface area contributed by atoms with Crippen molar-refractivity contribution < 1.29 is 9.53 Å². The van der Waals surface area contributed by atoms with Crippen LogP contribution in [0.4, 0.5) is 0 Å². The van der Waals surface area contributed by atoms with Crippen molar-refractivity contribution in [3.8, 4) is 10.4 Å². The van der Waals surface area contributed by atoms with E-state index in [0.717, 1.165) is 20.3 Å². The van der Waals surface area contributed by atoms with E-state index in [9.17, 15) is 4.79 Å². The van der Waals surface area contributed by atoms with Crippen LogP contribution in [0.3, 0.4) is 0 Å². The van der Waals surface area contributed by atoms with Gasteiger partial charge in [0.2, 0.25) is 0 Å². The Hall–Kier alpha value is -1.36. The standard InChI is InChI=1S/C15H16ClNO2S/c1-2-19-15(18)9-12(17)10-4-3-5-11(8-10)13-6-7-14(16)20-13/h3-8,12H,2,9,17H2,1H3/t12-/m0/s1. The summed E-state index contributed by atoms with van der Waals surface area (Å²) in [5.74, 6) is -0.274. The summed E-state index contributed by atoms with van der Waals surface area (Å²) in [6.45, 7) is 2.16. The average Bonchev–Trinajstić information content (AvgIpc) is 2.86. The Morgan fingerprint density at radius 1 is 1.40 bits per heavy atom. The molecule has 0 spiro atoms. The van der Waals surface area contributed by atoms with Gasteiger partial charge in [0.1, 0.15) is 0 Å². The smallest absolute Gasteiger partial charge is 0.307 e. The van der Waals surface area contributed by atoms with E-state index in [4.69, 9.17) is 22.1 Å². The maximum absolute atomic E-state index is 11.5. The van der Waals surface area contributed by atoms with Gasteiger partial charge in [-0.25, -0.2) is 0 Å². The Morgan fingerprint density at radius 3 is 2.85 bits per heavy atom. The van der Waals surface area contributed by atoms with Crippen molar-refractivity contribution in [1.82, 2.24) is 0 Å². The number of rotatable bonds is 5. The molecule has 1 aromatic heterocycles. The van der Waals surface area contributed by atoms with Crippen molar-refractivity contribution in [3.05, 3.63) is 46.3 Å². The van der Waals surface area contributed by atoms with Crippen LogP contribution in [0.5, 0.6) is 0 Å². The first-order chi connectivity index (χ1) is 9.60. The number of esters is 1. The van der Waals surface area contributed by atoms with Gasteiger partial charge < -0.3 is 10.5 Å². The Bertz CT molecular complexity index is 597. The molecule has 0 bridgehead atoms. The highest BCUT2D eigenvalue weighted by atomic mass is 35.5. The Morgan fingerprint density at radius 2 is 2.20 bits per heavy atom. The first-order valence-corrected chi connectivity index (χ1v) is 7.56. The second kappa shape index (κ2) is 6.88. The van der Waals surface area contributed by atoms with E-state index in [-0.39, 0.29) is 18.4 Å². The van der Waals surface area contributed by atoms with E-state index in [1.165, 1.54) is 11.3 Å². The number of halogens is 1. The van der Waals surface area contributed by atoms with E-state index in [1.54, 1.807) is 6.92 Å². The van der Waals surface area contributed by atoms with Crippen LogP contribution < -0.4 is 5.73 Å². The Labute approximate surface area is 127 Å². The quantitative estimate of drug-likeness (QED) is 0.849. The van der Waals surface area contributed by atoms with Gasteiger partial charge >= 0.3 is 5.97 Å².